The van der Waals surface area contributed by atoms with E-state index in [-0.39, 0.29) is 0 Å². The molecule has 0 aliphatic rings. The number of quaternary nitrogens is 1. The van der Waals surface area contributed by atoms with Crippen molar-refractivity contribution in [2.45, 2.75) is 19.8 Å². The molecule has 0 bridgehead atoms. The maximum atomic E-state index is 5.87. The minimum Gasteiger partial charge on any atom is -0.493 e. The molecule has 2 aromatic rings. The molecule has 0 saturated heterocycles. The molecule has 0 fully saturated rings. The Hall–Kier alpha value is -1.51. The predicted molar refractivity (Wildman–Crippen MR) is 88.1 cm³/mol. The SMILES string of the molecule is Cc1cccc(OCCC[NH2+]CCc2ccc(Cl)cc2)c1. The average Bonchev–Trinajstić information content (AvgIpc) is 2.48. The van der Waals surface area contributed by atoms with Crippen molar-refractivity contribution in [2.75, 3.05) is 19.7 Å². The number of rotatable bonds is 8. The van der Waals surface area contributed by atoms with E-state index in [4.69, 9.17) is 16.3 Å². The van der Waals surface area contributed by atoms with Crippen LogP contribution in [-0.4, -0.2) is 19.7 Å². The first kappa shape index (κ1) is 15.9. The summed E-state index contributed by atoms with van der Waals surface area (Å²) < 4.78 is 5.73. The van der Waals surface area contributed by atoms with Gasteiger partial charge in [-0.05, 0) is 42.3 Å². The fraction of sp³-hybridized carbons (Fsp3) is 0.333. The van der Waals surface area contributed by atoms with E-state index in [1.807, 2.05) is 24.3 Å². The van der Waals surface area contributed by atoms with Crippen molar-refractivity contribution in [2.24, 2.45) is 0 Å². The van der Waals surface area contributed by atoms with Crippen LogP contribution in [0.5, 0.6) is 5.75 Å². The Morgan fingerprint density at radius 2 is 1.86 bits per heavy atom. The summed E-state index contributed by atoms with van der Waals surface area (Å²) in [6, 6.07) is 16.3. The number of hydrogen-bond donors (Lipinski definition) is 1. The zero-order valence-corrected chi connectivity index (χ0v) is 13.3. The maximum absolute atomic E-state index is 5.87. The minimum absolute atomic E-state index is 0.779. The van der Waals surface area contributed by atoms with Gasteiger partial charge in [0.2, 0.25) is 0 Å². The first-order chi connectivity index (χ1) is 10.2. The highest BCUT2D eigenvalue weighted by Crippen LogP contribution is 2.12. The van der Waals surface area contributed by atoms with Gasteiger partial charge >= 0.3 is 0 Å². The van der Waals surface area contributed by atoms with Gasteiger partial charge < -0.3 is 10.1 Å². The van der Waals surface area contributed by atoms with Crippen LogP contribution in [0, 0.1) is 6.92 Å². The summed E-state index contributed by atoms with van der Waals surface area (Å²) in [6.07, 6.45) is 2.14. The minimum atomic E-state index is 0.779. The van der Waals surface area contributed by atoms with Crippen LogP contribution in [0.1, 0.15) is 17.5 Å². The van der Waals surface area contributed by atoms with Gasteiger partial charge in [-0.25, -0.2) is 0 Å². The fourth-order valence-electron chi connectivity index (χ4n) is 2.19. The van der Waals surface area contributed by atoms with Gasteiger partial charge in [-0.2, -0.15) is 0 Å². The van der Waals surface area contributed by atoms with E-state index in [9.17, 15) is 0 Å². The summed E-state index contributed by atoms with van der Waals surface area (Å²) in [7, 11) is 0. The largest absolute Gasteiger partial charge is 0.493 e. The fourth-order valence-corrected chi connectivity index (χ4v) is 2.31. The number of nitrogens with two attached hydrogens (primary N) is 1. The van der Waals surface area contributed by atoms with E-state index in [1.54, 1.807) is 0 Å². The second-order valence-electron chi connectivity index (χ2n) is 5.26. The lowest BCUT2D eigenvalue weighted by atomic mass is 10.1. The van der Waals surface area contributed by atoms with Crippen LogP contribution in [-0.2, 0) is 6.42 Å². The molecule has 21 heavy (non-hydrogen) atoms. The second-order valence-corrected chi connectivity index (χ2v) is 5.70. The lowest BCUT2D eigenvalue weighted by Crippen LogP contribution is -2.84. The van der Waals surface area contributed by atoms with E-state index < -0.39 is 0 Å². The van der Waals surface area contributed by atoms with Crippen molar-refractivity contribution >= 4 is 11.6 Å². The molecule has 2 aromatic carbocycles. The molecule has 2 rings (SSSR count). The molecule has 0 atom stereocenters. The van der Waals surface area contributed by atoms with Crippen LogP contribution in [0.15, 0.2) is 48.5 Å². The van der Waals surface area contributed by atoms with Gasteiger partial charge in [0.05, 0.1) is 19.7 Å². The molecule has 0 spiro atoms. The highest BCUT2D eigenvalue weighted by atomic mass is 35.5. The van der Waals surface area contributed by atoms with Crippen molar-refractivity contribution < 1.29 is 10.1 Å². The first-order valence-electron chi connectivity index (χ1n) is 7.49. The standard InChI is InChI=1S/C18H22ClNO/c1-15-4-2-5-18(14-15)21-13-3-11-20-12-10-16-6-8-17(19)9-7-16/h2,4-9,14,20H,3,10-13H2,1H3/p+1. The molecule has 0 aliphatic heterocycles. The predicted octanol–water partition coefficient (Wildman–Crippen LogP) is 3.22. The average molecular weight is 305 g/mol. The highest BCUT2D eigenvalue weighted by molar-refractivity contribution is 6.30. The second kappa shape index (κ2) is 8.71. The van der Waals surface area contributed by atoms with E-state index >= 15 is 0 Å². The molecule has 2 nitrogen and oxygen atoms in total. The third kappa shape index (κ3) is 6.19. The van der Waals surface area contributed by atoms with E-state index in [2.05, 4.69) is 36.5 Å². The van der Waals surface area contributed by atoms with Crippen molar-refractivity contribution in [1.82, 2.24) is 0 Å². The molecule has 0 heterocycles. The smallest absolute Gasteiger partial charge is 0.119 e. The van der Waals surface area contributed by atoms with Crippen molar-refractivity contribution in [3.05, 3.63) is 64.7 Å². The Morgan fingerprint density at radius 3 is 2.62 bits per heavy atom. The van der Waals surface area contributed by atoms with Crippen LogP contribution in [0.2, 0.25) is 5.02 Å². The van der Waals surface area contributed by atoms with Gasteiger partial charge in [0.25, 0.3) is 0 Å². The Balaban J connectivity index is 1.53. The van der Waals surface area contributed by atoms with Crippen LogP contribution < -0.4 is 10.1 Å². The Labute approximate surface area is 132 Å². The highest BCUT2D eigenvalue weighted by Gasteiger charge is 1.97. The summed E-state index contributed by atoms with van der Waals surface area (Å²) in [5.41, 5.74) is 2.58. The molecule has 3 heteroatoms. The van der Waals surface area contributed by atoms with Crippen LogP contribution in [0.25, 0.3) is 0 Å². The normalized spacial score (nSPS) is 10.6. The van der Waals surface area contributed by atoms with Crippen LogP contribution in [0.3, 0.4) is 0 Å². The molecule has 0 aromatic heterocycles. The summed E-state index contributed by atoms with van der Waals surface area (Å²) in [6.45, 7) is 5.06. The van der Waals surface area contributed by atoms with Crippen molar-refractivity contribution in [3.8, 4) is 5.75 Å². The lowest BCUT2D eigenvalue weighted by Gasteiger charge is -2.06. The number of ether oxygens (including phenoxy) is 1. The topological polar surface area (TPSA) is 25.8 Å². The van der Waals surface area contributed by atoms with Gasteiger partial charge in [-0.3, -0.25) is 0 Å². The van der Waals surface area contributed by atoms with Gasteiger partial charge in [0.15, 0.2) is 0 Å². The first-order valence-corrected chi connectivity index (χ1v) is 7.87. The van der Waals surface area contributed by atoms with Gasteiger partial charge in [-0.1, -0.05) is 35.9 Å². The summed E-state index contributed by atoms with van der Waals surface area (Å²) in [4.78, 5) is 0. The quantitative estimate of drug-likeness (QED) is 0.745. The molecule has 0 radical (unpaired) electrons. The summed E-state index contributed by atoms with van der Waals surface area (Å²) >= 11 is 5.87. The van der Waals surface area contributed by atoms with Crippen molar-refractivity contribution in [3.63, 3.8) is 0 Å². The summed E-state index contributed by atoms with van der Waals surface area (Å²) in [5.74, 6) is 0.969. The number of benzene rings is 2. The van der Waals surface area contributed by atoms with Crippen LogP contribution in [0.4, 0.5) is 0 Å². The number of hydrogen-bond acceptors (Lipinski definition) is 1. The van der Waals surface area contributed by atoms with Crippen LogP contribution >= 0.6 is 11.6 Å². The number of aryl methyl sites for hydroxylation is 1. The third-order valence-corrected chi connectivity index (χ3v) is 3.61. The molecular weight excluding hydrogens is 282 g/mol. The summed E-state index contributed by atoms with van der Waals surface area (Å²) in [5, 5.41) is 3.14. The third-order valence-electron chi connectivity index (χ3n) is 3.36. The molecular formula is C18H23ClNO+. The van der Waals surface area contributed by atoms with Crippen molar-refractivity contribution in [1.29, 1.82) is 0 Å². The number of halogens is 1. The van der Waals surface area contributed by atoms with Gasteiger partial charge in [0, 0.05) is 17.9 Å². The molecule has 0 saturated carbocycles. The Kier molecular flexibility index (Phi) is 6.58. The monoisotopic (exact) mass is 304 g/mol. The zero-order valence-electron chi connectivity index (χ0n) is 12.5. The van der Waals surface area contributed by atoms with E-state index in [0.29, 0.717) is 0 Å². The molecule has 2 N–H and O–H groups in total. The molecule has 0 aliphatic carbocycles. The molecule has 0 amide bonds. The van der Waals surface area contributed by atoms with Gasteiger partial charge in [-0.15, -0.1) is 0 Å². The van der Waals surface area contributed by atoms with E-state index in [1.165, 1.54) is 11.1 Å². The van der Waals surface area contributed by atoms with E-state index in [0.717, 1.165) is 43.3 Å². The Bertz CT molecular complexity index is 539. The zero-order chi connectivity index (χ0) is 14.9. The van der Waals surface area contributed by atoms with Gasteiger partial charge in [0.1, 0.15) is 5.75 Å². The molecule has 0 unspecified atom stereocenters. The lowest BCUT2D eigenvalue weighted by molar-refractivity contribution is -0.654. The maximum Gasteiger partial charge on any atom is 0.119 e. The molecule has 112 valence electrons. The Morgan fingerprint density at radius 1 is 1.05 bits per heavy atom.